The van der Waals surface area contributed by atoms with Crippen molar-refractivity contribution in [2.75, 3.05) is 13.1 Å². The van der Waals surface area contributed by atoms with Crippen molar-refractivity contribution in [2.24, 2.45) is 11.3 Å². The number of carboxylic acids is 1. The number of carbonyl (C=O) groups excluding carboxylic acids is 1. The van der Waals surface area contributed by atoms with Gasteiger partial charge >= 0.3 is 5.97 Å². The molecule has 2 rings (SSSR count). The molecule has 1 aromatic heterocycles. The highest BCUT2D eigenvalue weighted by atomic mass is 79.9. The summed E-state index contributed by atoms with van der Waals surface area (Å²) in [7, 11) is 0. The van der Waals surface area contributed by atoms with Crippen molar-refractivity contribution in [3.8, 4) is 0 Å². The molecule has 0 saturated carbocycles. The van der Waals surface area contributed by atoms with Gasteiger partial charge in [0.1, 0.15) is 0 Å². The van der Waals surface area contributed by atoms with Crippen LogP contribution in [-0.2, 0) is 9.59 Å². The van der Waals surface area contributed by atoms with E-state index in [0.29, 0.717) is 13.0 Å². The number of hydrogen-bond acceptors (Lipinski definition) is 3. The van der Waals surface area contributed by atoms with Crippen LogP contribution in [0.25, 0.3) is 6.08 Å². The van der Waals surface area contributed by atoms with E-state index in [1.54, 1.807) is 22.3 Å². The average molecular weight is 372 g/mol. The number of thiophene rings is 1. The van der Waals surface area contributed by atoms with Crippen molar-refractivity contribution in [1.29, 1.82) is 0 Å². The highest BCUT2D eigenvalue weighted by molar-refractivity contribution is 9.11. The van der Waals surface area contributed by atoms with E-state index in [-0.39, 0.29) is 18.4 Å². The lowest BCUT2D eigenvalue weighted by molar-refractivity contribution is -0.151. The van der Waals surface area contributed by atoms with Crippen LogP contribution in [0.4, 0.5) is 0 Å². The minimum atomic E-state index is -0.810. The Kier molecular flexibility index (Phi) is 4.88. The van der Waals surface area contributed by atoms with Crippen LogP contribution in [0.5, 0.6) is 0 Å². The summed E-state index contributed by atoms with van der Waals surface area (Å²) < 4.78 is 1.01. The quantitative estimate of drug-likeness (QED) is 0.824. The minimum absolute atomic E-state index is 0.00466. The Hall–Kier alpha value is -1.14. The first kappa shape index (κ1) is 16.2. The summed E-state index contributed by atoms with van der Waals surface area (Å²) in [4.78, 5) is 26.4. The van der Waals surface area contributed by atoms with Gasteiger partial charge in [-0.15, -0.1) is 11.3 Å². The van der Waals surface area contributed by atoms with Gasteiger partial charge in [0.15, 0.2) is 0 Å². The molecule has 1 unspecified atom stereocenters. The Bertz CT molecular complexity index is 581. The molecule has 1 aliphatic heterocycles. The third-order valence-electron chi connectivity index (χ3n) is 4.13. The molecular weight excluding hydrogens is 354 g/mol. The van der Waals surface area contributed by atoms with Gasteiger partial charge in [0.2, 0.25) is 5.91 Å². The van der Waals surface area contributed by atoms with E-state index in [9.17, 15) is 14.7 Å². The zero-order valence-corrected chi connectivity index (χ0v) is 14.4. The Morgan fingerprint density at radius 3 is 2.67 bits per heavy atom. The van der Waals surface area contributed by atoms with Gasteiger partial charge in [-0.3, -0.25) is 9.59 Å². The normalized spacial score (nSPS) is 22.4. The predicted octanol–water partition coefficient (Wildman–Crippen LogP) is 3.48. The largest absolute Gasteiger partial charge is 0.481 e. The van der Waals surface area contributed by atoms with Gasteiger partial charge in [0.25, 0.3) is 0 Å². The fraction of sp³-hybridized carbons (Fsp3) is 0.467. The molecule has 1 N–H and O–H groups in total. The smallest absolute Gasteiger partial charge is 0.311 e. The van der Waals surface area contributed by atoms with Gasteiger partial charge in [-0.25, -0.2) is 0 Å². The maximum absolute atomic E-state index is 12.2. The number of carboxylic acid groups (broad SMARTS) is 1. The number of halogens is 1. The number of carbonyl (C=O) groups is 2. The van der Waals surface area contributed by atoms with Gasteiger partial charge in [0, 0.05) is 24.0 Å². The number of hydrogen-bond donors (Lipinski definition) is 1. The molecule has 0 spiro atoms. The SMILES string of the molecule is CC(C)C1(C(=O)O)CCN(C(=O)/C=C/c2ccc(Br)s2)C1. The Balaban J connectivity index is 2.05. The molecule has 2 heterocycles. The van der Waals surface area contributed by atoms with Crippen LogP contribution in [0, 0.1) is 11.3 Å². The predicted molar refractivity (Wildman–Crippen MR) is 87.2 cm³/mol. The van der Waals surface area contributed by atoms with Crippen molar-refractivity contribution in [2.45, 2.75) is 20.3 Å². The van der Waals surface area contributed by atoms with Gasteiger partial charge in [0.05, 0.1) is 9.20 Å². The summed E-state index contributed by atoms with van der Waals surface area (Å²) in [6.07, 6.45) is 3.81. The first-order chi connectivity index (χ1) is 9.85. The molecule has 0 aromatic carbocycles. The summed E-state index contributed by atoms with van der Waals surface area (Å²) in [6.45, 7) is 4.60. The molecule has 0 radical (unpaired) electrons. The number of nitrogens with zero attached hydrogens (tertiary/aromatic N) is 1. The van der Waals surface area contributed by atoms with Crippen LogP contribution >= 0.6 is 27.3 Å². The number of likely N-dealkylation sites (tertiary alicyclic amines) is 1. The van der Waals surface area contributed by atoms with Gasteiger partial charge in [-0.2, -0.15) is 0 Å². The average Bonchev–Trinajstić information content (AvgIpc) is 3.03. The standard InChI is InChI=1S/C15H18BrNO3S/c1-10(2)15(14(19)20)7-8-17(9-15)13(18)6-4-11-3-5-12(16)21-11/h3-6,10H,7-9H2,1-2H3,(H,19,20)/b6-4+. The first-order valence-corrected chi connectivity index (χ1v) is 8.42. The van der Waals surface area contributed by atoms with E-state index < -0.39 is 11.4 Å². The molecular formula is C15H18BrNO3S. The van der Waals surface area contributed by atoms with Crippen molar-refractivity contribution in [3.05, 3.63) is 26.9 Å². The molecule has 1 atom stereocenters. The van der Waals surface area contributed by atoms with Crippen molar-refractivity contribution in [3.63, 3.8) is 0 Å². The third kappa shape index (κ3) is 3.37. The molecule has 21 heavy (non-hydrogen) atoms. The maximum atomic E-state index is 12.2. The highest BCUT2D eigenvalue weighted by Crippen LogP contribution is 2.38. The van der Waals surface area contributed by atoms with Crippen LogP contribution < -0.4 is 0 Å². The van der Waals surface area contributed by atoms with E-state index >= 15 is 0 Å². The van der Waals surface area contributed by atoms with Crippen molar-refractivity contribution >= 4 is 45.2 Å². The number of amides is 1. The van der Waals surface area contributed by atoms with E-state index in [2.05, 4.69) is 15.9 Å². The molecule has 1 saturated heterocycles. The minimum Gasteiger partial charge on any atom is -0.481 e. The van der Waals surface area contributed by atoms with E-state index in [4.69, 9.17) is 0 Å². The van der Waals surface area contributed by atoms with Crippen molar-refractivity contribution in [1.82, 2.24) is 4.90 Å². The van der Waals surface area contributed by atoms with Crippen LogP contribution in [0.2, 0.25) is 0 Å². The molecule has 4 nitrogen and oxygen atoms in total. The lowest BCUT2D eigenvalue weighted by Crippen LogP contribution is -2.40. The molecule has 114 valence electrons. The highest BCUT2D eigenvalue weighted by Gasteiger charge is 2.48. The monoisotopic (exact) mass is 371 g/mol. The zero-order valence-electron chi connectivity index (χ0n) is 12.0. The van der Waals surface area contributed by atoms with Gasteiger partial charge in [-0.1, -0.05) is 13.8 Å². The van der Waals surface area contributed by atoms with Crippen LogP contribution in [-0.4, -0.2) is 35.0 Å². The lowest BCUT2D eigenvalue weighted by Gasteiger charge is -2.28. The van der Waals surface area contributed by atoms with Gasteiger partial charge < -0.3 is 10.0 Å². The van der Waals surface area contributed by atoms with E-state index in [1.165, 1.54) is 6.08 Å². The molecule has 1 aliphatic rings. The van der Waals surface area contributed by atoms with E-state index in [1.807, 2.05) is 26.0 Å². The zero-order chi connectivity index (χ0) is 15.6. The number of rotatable bonds is 4. The topological polar surface area (TPSA) is 57.6 Å². The second kappa shape index (κ2) is 6.32. The lowest BCUT2D eigenvalue weighted by atomic mass is 9.76. The molecule has 6 heteroatoms. The molecule has 0 aliphatic carbocycles. The van der Waals surface area contributed by atoms with Crippen molar-refractivity contribution < 1.29 is 14.7 Å². The third-order valence-corrected chi connectivity index (χ3v) is 5.72. The second-order valence-corrected chi connectivity index (χ2v) is 8.10. The Labute approximate surface area is 136 Å². The summed E-state index contributed by atoms with van der Waals surface area (Å²) in [6, 6.07) is 3.86. The first-order valence-electron chi connectivity index (χ1n) is 6.81. The molecule has 1 fully saturated rings. The fourth-order valence-electron chi connectivity index (χ4n) is 2.59. The summed E-state index contributed by atoms with van der Waals surface area (Å²) >= 11 is 4.92. The van der Waals surface area contributed by atoms with Gasteiger partial charge in [-0.05, 0) is 46.5 Å². The summed E-state index contributed by atoms with van der Waals surface area (Å²) in [5, 5.41) is 9.48. The second-order valence-electron chi connectivity index (χ2n) is 5.60. The molecule has 1 aromatic rings. The van der Waals surface area contributed by atoms with Crippen LogP contribution in [0.1, 0.15) is 25.1 Å². The Morgan fingerprint density at radius 2 is 2.19 bits per heavy atom. The molecule has 1 amide bonds. The van der Waals surface area contributed by atoms with E-state index in [0.717, 1.165) is 8.66 Å². The Morgan fingerprint density at radius 1 is 1.48 bits per heavy atom. The summed E-state index contributed by atoms with van der Waals surface area (Å²) in [5.41, 5.74) is -0.810. The fourth-order valence-corrected chi connectivity index (χ4v) is 3.92. The number of aliphatic carboxylic acids is 1. The van der Waals surface area contributed by atoms with Crippen LogP contribution in [0.15, 0.2) is 22.0 Å². The van der Waals surface area contributed by atoms with Crippen LogP contribution in [0.3, 0.4) is 0 Å². The molecule has 0 bridgehead atoms. The summed E-state index contributed by atoms with van der Waals surface area (Å²) in [5.74, 6) is -0.924. The maximum Gasteiger partial charge on any atom is 0.311 e.